The Morgan fingerprint density at radius 1 is 1.40 bits per heavy atom. The molecule has 1 fully saturated rings. The Morgan fingerprint density at radius 3 is 2.75 bits per heavy atom. The maximum absolute atomic E-state index is 12.2. The van der Waals surface area contributed by atoms with Crippen molar-refractivity contribution in [2.45, 2.75) is 25.1 Å². The molecule has 0 bridgehead atoms. The summed E-state index contributed by atoms with van der Waals surface area (Å²) < 4.78 is 28.6. The van der Waals surface area contributed by atoms with Crippen LogP contribution in [0.3, 0.4) is 0 Å². The van der Waals surface area contributed by atoms with Crippen molar-refractivity contribution in [3.05, 3.63) is 35.9 Å². The molecule has 20 heavy (non-hydrogen) atoms. The number of hydrogen-bond acceptors (Lipinski definition) is 2. The lowest BCUT2D eigenvalue weighted by Gasteiger charge is -2.30. The molecule has 1 saturated heterocycles. The van der Waals surface area contributed by atoms with Gasteiger partial charge in [0.25, 0.3) is 10.2 Å². The van der Waals surface area contributed by atoms with Gasteiger partial charge >= 0.3 is 0 Å². The van der Waals surface area contributed by atoms with E-state index >= 15 is 0 Å². The number of hydrogen-bond donors (Lipinski definition) is 1. The van der Waals surface area contributed by atoms with E-state index in [1.54, 1.807) is 0 Å². The molecule has 2 rings (SSSR count). The second kappa shape index (κ2) is 6.89. The predicted octanol–water partition coefficient (Wildman–Crippen LogP) is 2.53. The molecule has 0 spiro atoms. The van der Waals surface area contributed by atoms with E-state index in [0.29, 0.717) is 19.0 Å². The van der Waals surface area contributed by atoms with E-state index in [9.17, 15) is 8.42 Å². The molecule has 2 unspecified atom stereocenters. The third kappa shape index (κ3) is 4.19. The zero-order chi connectivity index (χ0) is 14.6. The van der Waals surface area contributed by atoms with Crippen molar-refractivity contribution in [1.82, 2.24) is 9.03 Å². The number of alkyl halides is 1. The summed E-state index contributed by atoms with van der Waals surface area (Å²) in [4.78, 5) is 0. The number of nitrogens with one attached hydrogen (secondary N) is 1. The van der Waals surface area contributed by atoms with Crippen LogP contribution < -0.4 is 4.72 Å². The number of rotatable bonds is 5. The van der Waals surface area contributed by atoms with E-state index in [1.165, 1.54) is 4.31 Å². The first-order valence-electron chi connectivity index (χ1n) is 6.93. The van der Waals surface area contributed by atoms with Crippen LogP contribution in [0.5, 0.6) is 0 Å². The van der Waals surface area contributed by atoms with Gasteiger partial charge in [0.05, 0.1) is 5.38 Å². The summed E-state index contributed by atoms with van der Waals surface area (Å²) in [5.41, 5.74) is 0.920. The van der Waals surface area contributed by atoms with Crippen molar-refractivity contribution in [1.29, 1.82) is 0 Å². The fourth-order valence-electron chi connectivity index (χ4n) is 2.41. The zero-order valence-corrected chi connectivity index (χ0v) is 13.2. The topological polar surface area (TPSA) is 49.4 Å². The SMILES string of the molecule is CC1CCCN(S(=O)(=O)NCC(Cl)c2ccccc2)C1. The fourth-order valence-corrected chi connectivity index (χ4v) is 4.11. The molecular weight excluding hydrogens is 296 g/mol. The first-order chi connectivity index (χ1) is 9.49. The van der Waals surface area contributed by atoms with Gasteiger partial charge < -0.3 is 0 Å². The molecule has 0 amide bonds. The average Bonchev–Trinajstić information content (AvgIpc) is 2.46. The molecule has 6 heteroatoms. The monoisotopic (exact) mass is 316 g/mol. The highest BCUT2D eigenvalue weighted by Crippen LogP contribution is 2.21. The lowest BCUT2D eigenvalue weighted by atomic mass is 10.0. The van der Waals surface area contributed by atoms with Crippen LogP contribution in [0.15, 0.2) is 30.3 Å². The van der Waals surface area contributed by atoms with Crippen molar-refractivity contribution in [2.24, 2.45) is 5.92 Å². The van der Waals surface area contributed by atoms with Gasteiger partial charge in [-0.1, -0.05) is 37.3 Å². The largest absolute Gasteiger partial charge is 0.279 e. The second-order valence-electron chi connectivity index (χ2n) is 5.34. The summed E-state index contributed by atoms with van der Waals surface area (Å²) in [6.45, 7) is 3.47. The van der Waals surface area contributed by atoms with Gasteiger partial charge in [-0.3, -0.25) is 0 Å². The summed E-state index contributed by atoms with van der Waals surface area (Å²) >= 11 is 6.23. The predicted molar refractivity (Wildman–Crippen MR) is 81.9 cm³/mol. The zero-order valence-electron chi connectivity index (χ0n) is 11.6. The van der Waals surface area contributed by atoms with Crippen LogP contribution in [0.4, 0.5) is 0 Å². The first kappa shape index (κ1) is 15.8. The third-order valence-corrected chi connectivity index (χ3v) is 5.52. The summed E-state index contributed by atoms with van der Waals surface area (Å²) in [6.07, 6.45) is 2.01. The number of nitrogens with zero attached hydrogens (tertiary/aromatic N) is 1. The molecule has 0 radical (unpaired) electrons. The first-order valence-corrected chi connectivity index (χ1v) is 8.80. The highest BCUT2D eigenvalue weighted by atomic mass is 35.5. The Hall–Kier alpha value is -0.620. The lowest BCUT2D eigenvalue weighted by Crippen LogP contribution is -2.46. The van der Waals surface area contributed by atoms with Gasteiger partial charge in [0.15, 0.2) is 0 Å². The quantitative estimate of drug-likeness (QED) is 0.849. The minimum Gasteiger partial charge on any atom is -0.200 e. The van der Waals surface area contributed by atoms with Crippen LogP contribution in [0.1, 0.15) is 30.7 Å². The average molecular weight is 317 g/mol. The van der Waals surface area contributed by atoms with Crippen molar-refractivity contribution in [3.63, 3.8) is 0 Å². The maximum atomic E-state index is 12.2. The lowest BCUT2D eigenvalue weighted by molar-refractivity contribution is 0.278. The molecule has 1 heterocycles. The molecular formula is C14H21ClN2O2S. The number of halogens is 1. The summed E-state index contributed by atoms with van der Waals surface area (Å²) in [6, 6.07) is 9.49. The molecule has 1 aromatic carbocycles. The highest BCUT2D eigenvalue weighted by molar-refractivity contribution is 7.87. The fraction of sp³-hybridized carbons (Fsp3) is 0.571. The van der Waals surface area contributed by atoms with Gasteiger partial charge in [0, 0.05) is 19.6 Å². The van der Waals surface area contributed by atoms with E-state index in [4.69, 9.17) is 11.6 Å². The van der Waals surface area contributed by atoms with Crippen LogP contribution in [-0.4, -0.2) is 32.4 Å². The Labute approximate surface area is 126 Å². The van der Waals surface area contributed by atoms with Crippen molar-refractivity contribution in [3.8, 4) is 0 Å². The minimum absolute atomic E-state index is 0.207. The van der Waals surface area contributed by atoms with Crippen LogP contribution in [0.25, 0.3) is 0 Å². The van der Waals surface area contributed by atoms with Crippen molar-refractivity contribution < 1.29 is 8.42 Å². The summed E-state index contributed by atoms with van der Waals surface area (Å²) in [5, 5.41) is -0.354. The van der Waals surface area contributed by atoms with E-state index in [0.717, 1.165) is 18.4 Å². The molecule has 0 aliphatic carbocycles. The summed E-state index contributed by atoms with van der Waals surface area (Å²) in [7, 11) is -3.42. The Bertz CT molecular complexity index is 521. The molecule has 1 aliphatic heterocycles. The van der Waals surface area contributed by atoms with Crippen LogP contribution in [0, 0.1) is 5.92 Å². The normalized spacial score (nSPS) is 22.6. The van der Waals surface area contributed by atoms with Crippen molar-refractivity contribution >= 4 is 21.8 Å². The van der Waals surface area contributed by atoms with Gasteiger partial charge in [-0.15, -0.1) is 11.6 Å². The van der Waals surface area contributed by atoms with Crippen LogP contribution >= 0.6 is 11.6 Å². The molecule has 4 nitrogen and oxygen atoms in total. The van der Waals surface area contributed by atoms with Gasteiger partial charge in [0.2, 0.25) is 0 Å². The molecule has 1 N–H and O–H groups in total. The molecule has 112 valence electrons. The Morgan fingerprint density at radius 2 is 2.10 bits per heavy atom. The highest BCUT2D eigenvalue weighted by Gasteiger charge is 2.27. The van der Waals surface area contributed by atoms with Crippen LogP contribution in [-0.2, 0) is 10.2 Å². The van der Waals surface area contributed by atoms with Crippen LogP contribution in [0.2, 0.25) is 0 Å². The molecule has 0 saturated carbocycles. The molecule has 0 aromatic heterocycles. The maximum Gasteiger partial charge on any atom is 0.279 e. The Balaban J connectivity index is 1.92. The second-order valence-corrected chi connectivity index (χ2v) is 7.62. The van der Waals surface area contributed by atoms with E-state index < -0.39 is 10.2 Å². The number of benzene rings is 1. The van der Waals surface area contributed by atoms with E-state index in [2.05, 4.69) is 11.6 Å². The molecule has 2 atom stereocenters. The minimum atomic E-state index is -3.42. The molecule has 1 aromatic rings. The van der Waals surface area contributed by atoms with E-state index in [1.807, 2.05) is 30.3 Å². The van der Waals surface area contributed by atoms with E-state index in [-0.39, 0.29) is 11.9 Å². The molecule has 1 aliphatic rings. The van der Waals surface area contributed by atoms with Gasteiger partial charge in [-0.05, 0) is 24.3 Å². The standard InChI is InChI=1S/C14H21ClN2O2S/c1-12-6-5-9-17(11-12)20(18,19)16-10-14(15)13-7-3-2-4-8-13/h2-4,7-8,12,14,16H,5-6,9-11H2,1H3. The third-order valence-electron chi connectivity index (χ3n) is 3.57. The Kier molecular flexibility index (Phi) is 5.43. The smallest absolute Gasteiger partial charge is 0.200 e. The van der Waals surface area contributed by atoms with Gasteiger partial charge in [-0.2, -0.15) is 12.7 Å². The van der Waals surface area contributed by atoms with Crippen molar-refractivity contribution in [2.75, 3.05) is 19.6 Å². The number of piperidine rings is 1. The van der Waals surface area contributed by atoms with Gasteiger partial charge in [0.1, 0.15) is 0 Å². The summed E-state index contributed by atoms with van der Waals surface area (Å²) in [5.74, 6) is 0.418. The van der Waals surface area contributed by atoms with Gasteiger partial charge in [-0.25, -0.2) is 4.72 Å².